The Bertz CT molecular complexity index is 336. The molecule has 0 spiro atoms. The average Bonchev–Trinajstić information content (AvgIpc) is 2.71. The lowest BCUT2D eigenvalue weighted by molar-refractivity contribution is -0.155. The van der Waals surface area contributed by atoms with Crippen molar-refractivity contribution in [3.05, 3.63) is 16.6 Å². The number of thiazole rings is 1. The minimum absolute atomic E-state index is 0.220. The van der Waals surface area contributed by atoms with E-state index in [0.717, 1.165) is 0 Å². The van der Waals surface area contributed by atoms with Crippen LogP contribution in [0.5, 0.6) is 0 Å². The number of nitrogens with zero attached hydrogens (tertiary/aromatic N) is 1. The van der Waals surface area contributed by atoms with Crippen LogP contribution in [0.25, 0.3) is 0 Å². The van der Waals surface area contributed by atoms with E-state index in [1.807, 2.05) is 0 Å². The summed E-state index contributed by atoms with van der Waals surface area (Å²) >= 11 is 1.22. The first-order chi connectivity index (χ1) is 7.20. The third-order valence-corrected chi connectivity index (χ3v) is 2.50. The molecule has 0 N–H and O–H groups in total. The highest BCUT2D eigenvalue weighted by Gasteiger charge is 2.33. The highest BCUT2D eigenvalue weighted by atomic mass is 32.1. The Labute approximate surface area is 91.0 Å². The Kier molecular flexibility index (Phi) is 4.23. The molecule has 0 bridgehead atoms. The van der Waals surface area contributed by atoms with Gasteiger partial charge in [0.2, 0.25) is 5.92 Å². The molecule has 0 radical (unpaired) electrons. The number of carbonyl (C=O) groups is 2. The highest BCUT2D eigenvalue weighted by Crippen LogP contribution is 2.21. The van der Waals surface area contributed by atoms with E-state index in [-0.39, 0.29) is 6.61 Å². The van der Waals surface area contributed by atoms with Crippen molar-refractivity contribution < 1.29 is 19.1 Å². The van der Waals surface area contributed by atoms with E-state index >= 15 is 0 Å². The number of rotatable bonds is 4. The number of ether oxygens (including phenoxy) is 2. The van der Waals surface area contributed by atoms with Crippen molar-refractivity contribution in [3.8, 4) is 0 Å². The predicted octanol–water partition coefficient (Wildman–Crippen LogP) is 0.963. The second kappa shape index (κ2) is 5.45. The molecule has 6 heteroatoms. The van der Waals surface area contributed by atoms with Crippen molar-refractivity contribution in [2.75, 3.05) is 13.7 Å². The Balaban J connectivity index is 2.88. The summed E-state index contributed by atoms with van der Waals surface area (Å²) in [4.78, 5) is 26.8. The SMILES string of the molecule is CCOC(=O)C(C(=O)OC)c1nccs1. The maximum absolute atomic E-state index is 11.5. The molecule has 1 atom stereocenters. The quantitative estimate of drug-likeness (QED) is 0.568. The van der Waals surface area contributed by atoms with Crippen molar-refractivity contribution in [1.82, 2.24) is 4.98 Å². The second-order valence-corrected chi connectivity index (χ2v) is 3.50. The van der Waals surface area contributed by atoms with E-state index in [4.69, 9.17) is 4.74 Å². The third-order valence-electron chi connectivity index (χ3n) is 1.66. The van der Waals surface area contributed by atoms with Crippen molar-refractivity contribution >= 4 is 23.3 Å². The third kappa shape index (κ3) is 2.76. The monoisotopic (exact) mass is 229 g/mol. The molecule has 0 aliphatic heterocycles. The fourth-order valence-corrected chi connectivity index (χ4v) is 1.73. The molecule has 0 aliphatic carbocycles. The summed E-state index contributed by atoms with van der Waals surface area (Å²) in [5, 5.41) is 2.07. The standard InChI is InChI=1S/C9H11NO4S/c1-3-14-9(12)6(8(11)13-2)7-10-4-5-15-7/h4-6H,3H2,1-2H3. The molecule has 1 heterocycles. The van der Waals surface area contributed by atoms with Crippen LogP contribution in [0.4, 0.5) is 0 Å². The van der Waals surface area contributed by atoms with Crippen LogP contribution in [0.2, 0.25) is 0 Å². The summed E-state index contributed by atoms with van der Waals surface area (Å²) < 4.78 is 9.31. The van der Waals surface area contributed by atoms with Crippen molar-refractivity contribution in [3.63, 3.8) is 0 Å². The summed E-state index contributed by atoms with van der Waals surface area (Å²) in [6, 6.07) is 0. The molecule has 0 aromatic carbocycles. The Morgan fingerprint density at radius 2 is 2.27 bits per heavy atom. The number of esters is 2. The zero-order chi connectivity index (χ0) is 11.3. The van der Waals surface area contributed by atoms with Crippen LogP contribution in [-0.4, -0.2) is 30.6 Å². The first kappa shape index (κ1) is 11.6. The Morgan fingerprint density at radius 3 is 2.73 bits per heavy atom. The van der Waals surface area contributed by atoms with E-state index in [0.29, 0.717) is 5.01 Å². The molecule has 0 aliphatic rings. The van der Waals surface area contributed by atoms with Gasteiger partial charge in [0.15, 0.2) is 0 Å². The Hall–Kier alpha value is -1.43. The van der Waals surface area contributed by atoms with Gasteiger partial charge in [0.05, 0.1) is 13.7 Å². The fraction of sp³-hybridized carbons (Fsp3) is 0.444. The number of carbonyl (C=O) groups excluding carboxylic acids is 2. The van der Waals surface area contributed by atoms with Crippen molar-refractivity contribution in [2.24, 2.45) is 0 Å². The summed E-state index contributed by atoms with van der Waals surface area (Å²) in [5.74, 6) is -2.34. The van der Waals surface area contributed by atoms with Gasteiger partial charge < -0.3 is 9.47 Å². The first-order valence-electron chi connectivity index (χ1n) is 4.34. The zero-order valence-corrected chi connectivity index (χ0v) is 9.24. The second-order valence-electron chi connectivity index (χ2n) is 2.58. The maximum Gasteiger partial charge on any atom is 0.327 e. The Morgan fingerprint density at radius 1 is 1.53 bits per heavy atom. The summed E-state index contributed by atoms with van der Waals surface area (Å²) in [6.45, 7) is 1.89. The molecule has 1 aromatic rings. The summed E-state index contributed by atoms with van der Waals surface area (Å²) in [5.41, 5.74) is 0. The van der Waals surface area contributed by atoms with E-state index in [9.17, 15) is 9.59 Å². The van der Waals surface area contributed by atoms with Gasteiger partial charge in [-0.05, 0) is 6.92 Å². The lowest BCUT2D eigenvalue weighted by atomic mass is 10.1. The molecule has 1 rings (SSSR count). The minimum atomic E-state index is -1.06. The molecule has 5 nitrogen and oxygen atoms in total. The van der Waals surface area contributed by atoms with E-state index < -0.39 is 17.9 Å². The fourth-order valence-electron chi connectivity index (χ4n) is 1.02. The molecule has 0 saturated heterocycles. The zero-order valence-electron chi connectivity index (χ0n) is 8.43. The molecule has 82 valence electrons. The van der Waals surface area contributed by atoms with Crippen LogP contribution in [0.15, 0.2) is 11.6 Å². The molecular formula is C9H11NO4S. The maximum atomic E-state index is 11.5. The highest BCUT2D eigenvalue weighted by molar-refractivity contribution is 7.09. The van der Waals surface area contributed by atoms with Crippen LogP contribution >= 0.6 is 11.3 Å². The van der Waals surface area contributed by atoms with Crippen LogP contribution in [0.3, 0.4) is 0 Å². The number of aromatic nitrogens is 1. The number of hydrogen-bond donors (Lipinski definition) is 0. The number of methoxy groups -OCH3 is 1. The largest absolute Gasteiger partial charge is 0.468 e. The van der Waals surface area contributed by atoms with E-state index in [1.54, 1.807) is 12.3 Å². The average molecular weight is 229 g/mol. The first-order valence-corrected chi connectivity index (χ1v) is 5.22. The lowest BCUT2D eigenvalue weighted by Crippen LogP contribution is -2.25. The van der Waals surface area contributed by atoms with Crippen LogP contribution < -0.4 is 0 Å². The molecule has 0 amide bonds. The summed E-state index contributed by atoms with van der Waals surface area (Å²) in [7, 11) is 1.22. The van der Waals surface area contributed by atoms with Gasteiger partial charge in [0.25, 0.3) is 0 Å². The van der Waals surface area contributed by atoms with Gasteiger partial charge in [-0.1, -0.05) is 0 Å². The minimum Gasteiger partial charge on any atom is -0.468 e. The van der Waals surface area contributed by atoms with Gasteiger partial charge in [-0.3, -0.25) is 9.59 Å². The van der Waals surface area contributed by atoms with Crippen LogP contribution in [0.1, 0.15) is 17.8 Å². The molecule has 0 fully saturated rings. The van der Waals surface area contributed by atoms with E-state index in [2.05, 4.69) is 9.72 Å². The van der Waals surface area contributed by atoms with Gasteiger partial charge in [0.1, 0.15) is 5.01 Å². The predicted molar refractivity (Wildman–Crippen MR) is 53.5 cm³/mol. The normalized spacial score (nSPS) is 11.9. The molecule has 15 heavy (non-hydrogen) atoms. The van der Waals surface area contributed by atoms with Gasteiger partial charge in [-0.15, -0.1) is 11.3 Å². The molecule has 0 saturated carbocycles. The van der Waals surface area contributed by atoms with Crippen LogP contribution in [-0.2, 0) is 19.1 Å². The molecule has 1 aromatic heterocycles. The smallest absolute Gasteiger partial charge is 0.327 e. The van der Waals surface area contributed by atoms with E-state index in [1.165, 1.54) is 24.6 Å². The van der Waals surface area contributed by atoms with Gasteiger partial charge in [-0.2, -0.15) is 0 Å². The number of hydrogen-bond acceptors (Lipinski definition) is 6. The van der Waals surface area contributed by atoms with Gasteiger partial charge in [-0.25, -0.2) is 4.98 Å². The van der Waals surface area contributed by atoms with Gasteiger partial charge in [0, 0.05) is 11.6 Å². The molecular weight excluding hydrogens is 218 g/mol. The lowest BCUT2D eigenvalue weighted by Gasteiger charge is -2.10. The summed E-state index contributed by atoms with van der Waals surface area (Å²) in [6.07, 6.45) is 1.52. The van der Waals surface area contributed by atoms with Crippen molar-refractivity contribution in [2.45, 2.75) is 12.8 Å². The van der Waals surface area contributed by atoms with Crippen molar-refractivity contribution in [1.29, 1.82) is 0 Å². The molecule has 1 unspecified atom stereocenters. The van der Waals surface area contributed by atoms with Gasteiger partial charge >= 0.3 is 11.9 Å². The topological polar surface area (TPSA) is 65.5 Å². The van der Waals surface area contributed by atoms with Crippen LogP contribution in [0, 0.1) is 0 Å².